The van der Waals surface area contributed by atoms with Crippen LogP contribution in [0.15, 0.2) is 24.3 Å². The first-order chi connectivity index (χ1) is 8.20. The summed E-state index contributed by atoms with van der Waals surface area (Å²) >= 11 is 3.60. The molecule has 17 heavy (non-hydrogen) atoms. The van der Waals surface area contributed by atoms with E-state index in [0.29, 0.717) is 11.4 Å². The van der Waals surface area contributed by atoms with Crippen molar-refractivity contribution in [1.82, 2.24) is 5.32 Å². The number of hydrogen-bond donors (Lipinski definition) is 1. The second-order valence-corrected chi connectivity index (χ2v) is 5.75. The number of carbonyl (C=O) groups is 1. The Hall–Kier alpha value is -0.690. The molecule has 1 aromatic heterocycles. The van der Waals surface area contributed by atoms with Crippen LogP contribution in [-0.4, -0.2) is 16.9 Å². The van der Waals surface area contributed by atoms with E-state index in [-0.39, 0.29) is 11.7 Å². The van der Waals surface area contributed by atoms with Gasteiger partial charge in [-0.15, -0.1) is 11.3 Å². The number of rotatable bonds is 4. The van der Waals surface area contributed by atoms with Gasteiger partial charge in [-0.1, -0.05) is 28.7 Å². The Kier molecular flexibility index (Phi) is 4.33. The lowest BCUT2D eigenvalue weighted by molar-refractivity contribution is 0.0958. The molecular formula is C12H11FINOS. The van der Waals surface area contributed by atoms with Crippen molar-refractivity contribution in [3.8, 4) is 0 Å². The quantitative estimate of drug-likeness (QED) is 0.502. The Morgan fingerprint density at radius 2 is 2.24 bits per heavy atom. The third-order valence-electron chi connectivity index (χ3n) is 2.30. The summed E-state index contributed by atoms with van der Waals surface area (Å²) in [5, 5.41) is 3.76. The molecule has 0 radical (unpaired) electrons. The second kappa shape index (κ2) is 5.77. The number of hydrogen-bond acceptors (Lipinski definition) is 2. The van der Waals surface area contributed by atoms with Gasteiger partial charge in [0.2, 0.25) is 0 Å². The zero-order chi connectivity index (χ0) is 12.3. The van der Waals surface area contributed by atoms with Crippen molar-refractivity contribution < 1.29 is 9.18 Å². The van der Waals surface area contributed by atoms with E-state index in [4.69, 9.17) is 0 Å². The first kappa shape index (κ1) is 12.8. The molecular weight excluding hydrogens is 352 g/mol. The van der Waals surface area contributed by atoms with Crippen LogP contribution in [0.1, 0.15) is 16.1 Å². The van der Waals surface area contributed by atoms with E-state index in [1.165, 1.54) is 23.5 Å². The van der Waals surface area contributed by atoms with E-state index in [1.807, 2.05) is 0 Å². The van der Waals surface area contributed by atoms with Crippen LogP contribution in [0.2, 0.25) is 0 Å². The van der Waals surface area contributed by atoms with Crippen molar-refractivity contribution in [3.05, 3.63) is 35.0 Å². The maximum atomic E-state index is 13.0. The minimum absolute atomic E-state index is 0.0727. The Balaban J connectivity index is 2.15. The van der Waals surface area contributed by atoms with Gasteiger partial charge in [0.25, 0.3) is 5.91 Å². The van der Waals surface area contributed by atoms with Crippen molar-refractivity contribution in [2.45, 2.75) is 6.42 Å². The lowest BCUT2D eigenvalue weighted by Crippen LogP contribution is -2.23. The average molecular weight is 363 g/mol. The molecule has 2 rings (SSSR count). The predicted octanol–water partition coefficient (Wildman–Crippen LogP) is 3.60. The molecule has 1 aromatic carbocycles. The first-order valence-electron chi connectivity index (χ1n) is 5.24. The summed E-state index contributed by atoms with van der Waals surface area (Å²) in [7, 11) is 0. The fourth-order valence-corrected chi connectivity index (χ4v) is 2.86. The molecule has 2 aromatic rings. The van der Waals surface area contributed by atoms with E-state index in [1.54, 1.807) is 12.1 Å². The molecule has 0 aliphatic rings. The van der Waals surface area contributed by atoms with Gasteiger partial charge in [-0.2, -0.15) is 0 Å². The molecule has 0 spiro atoms. The maximum absolute atomic E-state index is 13.0. The first-order valence-corrected chi connectivity index (χ1v) is 7.58. The Labute approximate surface area is 116 Å². The van der Waals surface area contributed by atoms with Gasteiger partial charge in [-0.05, 0) is 30.0 Å². The largest absolute Gasteiger partial charge is 0.351 e. The summed E-state index contributed by atoms with van der Waals surface area (Å²) in [4.78, 5) is 12.4. The number of thiophene rings is 1. The molecule has 0 aliphatic heterocycles. The van der Waals surface area contributed by atoms with Crippen molar-refractivity contribution in [2.24, 2.45) is 0 Å². The summed E-state index contributed by atoms with van der Waals surface area (Å²) in [6.07, 6.45) is 0.964. The van der Waals surface area contributed by atoms with Gasteiger partial charge >= 0.3 is 0 Å². The highest BCUT2D eigenvalue weighted by atomic mass is 127. The van der Waals surface area contributed by atoms with E-state index < -0.39 is 0 Å². The highest BCUT2D eigenvalue weighted by molar-refractivity contribution is 14.1. The van der Waals surface area contributed by atoms with Gasteiger partial charge in [-0.3, -0.25) is 4.79 Å². The third kappa shape index (κ3) is 3.16. The lowest BCUT2D eigenvalue weighted by Gasteiger charge is -2.00. The highest BCUT2D eigenvalue weighted by Crippen LogP contribution is 2.26. The van der Waals surface area contributed by atoms with Crippen LogP contribution in [0.4, 0.5) is 4.39 Å². The number of nitrogens with one attached hydrogen (secondary N) is 1. The maximum Gasteiger partial charge on any atom is 0.261 e. The van der Waals surface area contributed by atoms with Crippen molar-refractivity contribution in [2.75, 3.05) is 11.0 Å². The van der Waals surface area contributed by atoms with E-state index in [9.17, 15) is 9.18 Å². The van der Waals surface area contributed by atoms with Gasteiger partial charge < -0.3 is 5.32 Å². The number of benzene rings is 1. The molecule has 0 saturated carbocycles. The standard InChI is InChI=1S/C12H11FINOS/c13-9-3-2-8-6-11(17-10(8)7-9)12(16)15-5-1-4-14/h2-3,6-7H,1,4-5H2,(H,15,16). The molecule has 0 saturated heterocycles. The SMILES string of the molecule is O=C(NCCCI)c1cc2ccc(F)cc2s1. The highest BCUT2D eigenvalue weighted by Gasteiger charge is 2.09. The topological polar surface area (TPSA) is 29.1 Å². The molecule has 0 atom stereocenters. The Morgan fingerprint density at radius 3 is 3.00 bits per heavy atom. The molecule has 1 N–H and O–H groups in total. The summed E-state index contributed by atoms with van der Waals surface area (Å²) in [6, 6.07) is 6.37. The van der Waals surface area contributed by atoms with Crippen LogP contribution in [0.25, 0.3) is 10.1 Å². The Bertz CT molecular complexity index is 540. The fraction of sp³-hybridized carbons (Fsp3) is 0.250. The van der Waals surface area contributed by atoms with Crippen LogP contribution >= 0.6 is 33.9 Å². The van der Waals surface area contributed by atoms with Crippen molar-refractivity contribution >= 4 is 49.9 Å². The molecule has 1 amide bonds. The number of fused-ring (bicyclic) bond motifs is 1. The zero-order valence-electron chi connectivity index (χ0n) is 9.00. The zero-order valence-corrected chi connectivity index (χ0v) is 12.0. The molecule has 0 bridgehead atoms. The van der Waals surface area contributed by atoms with E-state index in [0.717, 1.165) is 20.9 Å². The van der Waals surface area contributed by atoms with Gasteiger partial charge in [0.15, 0.2) is 0 Å². The van der Waals surface area contributed by atoms with Crippen LogP contribution < -0.4 is 5.32 Å². The predicted molar refractivity (Wildman–Crippen MR) is 77.6 cm³/mol. The molecule has 2 nitrogen and oxygen atoms in total. The lowest BCUT2D eigenvalue weighted by atomic mass is 10.2. The van der Waals surface area contributed by atoms with Gasteiger partial charge in [-0.25, -0.2) is 4.39 Å². The smallest absolute Gasteiger partial charge is 0.261 e. The average Bonchev–Trinajstić information content (AvgIpc) is 2.72. The number of halogens is 2. The van der Waals surface area contributed by atoms with Crippen LogP contribution in [0, 0.1) is 5.82 Å². The van der Waals surface area contributed by atoms with E-state index in [2.05, 4.69) is 27.9 Å². The normalized spacial score (nSPS) is 10.7. The van der Waals surface area contributed by atoms with Crippen molar-refractivity contribution in [3.63, 3.8) is 0 Å². The molecule has 90 valence electrons. The summed E-state index contributed by atoms with van der Waals surface area (Å²) in [5.41, 5.74) is 0. The van der Waals surface area contributed by atoms with E-state index >= 15 is 0 Å². The van der Waals surface area contributed by atoms with Gasteiger partial charge in [0, 0.05) is 15.7 Å². The molecule has 0 unspecified atom stereocenters. The van der Waals surface area contributed by atoms with Crippen molar-refractivity contribution in [1.29, 1.82) is 0 Å². The van der Waals surface area contributed by atoms with Gasteiger partial charge in [0.05, 0.1) is 4.88 Å². The fourth-order valence-electron chi connectivity index (χ4n) is 1.47. The van der Waals surface area contributed by atoms with Crippen LogP contribution in [0.3, 0.4) is 0 Å². The number of amides is 1. The van der Waals surface area contributed by atoms with Gasteiger partial charge in [0.1, 0.15) is 5.82 Å². The summed E-state index contributed by atoms with van der Waals surface area (Å²) in [6.45, 7) is 0.685. The molecule has 5 heteroatoms. The monoisotopic (exact) mass is 363 g/mol. The van der Waals surface area contributed by atoms with Crippen LogP contribution in [-0.2, 0) is 0 Å². The Morgan fingerprint density at radius 1 is 1.41 bits per heavy atom. The molecule has 0 aliphatic carbocycles. The van der Waals surface area contributed by atoms with Crippen LogP contribution in [0.5, 0.6) is 0 Å². The molecule has 0 fully saturated rings. The number of alkyl halides is 1. The minimum Gasteiger partial charge on any atom is -0.351 e. The summed E-state index contributed by atoms with van der Waals surface area (Å²) in [5.74, 6) is -0.340. The second-order valence-electron chi connectivity index (χ2n) is 3.59. The summed E-state index contributed by atoms with van der Waals surface area (Å²) < 4.78 is 14.8. The minimum atomic E-state index is -0.267. The molecule has 1 heterocycles. The third-order valence-corrected chi connectivity index (χ3v) is 4.16. The number of carbonyl (C=O) groups excluding carboxylic acids is 1.